The van der Waals surface area contributed by atoms with E-state index in [1.807, 2.05) is 0 Å². The SMILES string of the molecule is C#Cc1c(F)ccc2cc(O)cc(-c3nc(-c4cccc(F)c4)c4c(N5C[C@H]6CC[C@@H](C5)N6)nc(OC[C@@]56CCCN5C[C@H](F)C6)nc4c3F)c12. The second-order valence-electron chi connectivity index (χ2n) is 14.3. The highest BCUT2D eigenvalue weighted by molar-refractivity contribution is 6.06. The molecule has 0 amide bonds. The summed E-state index contributed by atoms with van der Waals surface area (Å²) in [5.74, 6) is 0.446. The molecule has 2 N–H and O–H groups in total. The van der Waals surface area contributed by atoms with Crippen molar-refractivity contribution in [3.05, 3.63) is 71.5 Å². The molecular weight excluding hydrogens is 660 g/mol. The number of halogens is 4. The van der Waals surface area contributed by atoms with E-state index >= 15 is 8.78 Å². The molecule has 2 bridgehead atoms. The van der Waals surface area contributed by atoms with E-state index in [1.54, 1.807) is 6.07 Å². The van der Waals surface area contributed by atoms with Gasteiger partial charge in [-0.3, -0.25) is 4.90 Å². The van der Waals surface area contributed by atoms with Gasteiger partial charge < -0.3 is 20.1 Å². The van der Waals surface area contributed by atoms with Crippen molar-refractivity contribution in [1.82, 2.24) is 25.2 Å². The van der Waals surface area contributed by atoms with Crippen LogP contribution in [0.5, 0.6) is 11.8 Å². The zero-order valence-electron chi connectivity index (χ0n) is 27.6. The van der Waals surface area contributed by atoms with Crippen LogP contribution in [0.2, 0.25) is 0 Å². The number of alkyl halides is 1. The van der Waals surface area contributed by atoms with Crippen LogP contribution >= 0.6 is 0 Å². The number of phenols is 1. The number of fused-ring (bicyclic) bond motifs is 5. The van der Waals surface area contributed by atoms with Crippen LogP contribution in [-0.4, -0.2) is 81.5 Å². The fraction of sp³-hybridized carbons (Fsp3) is 0.359. The number of nitrogens with one attached hydrogen (secondary N) is 1. The lowest BCUT2D eigenvalue weighted by molar-refractivity contribution is 0.107. The maximum absolute atomic E-state index is 17.4. The molecule has 5 aromatic rings. The largest absolute Gasteiger partial charge is 0.508 e. The molecule has 4 aliphatic rings. The van der Waals surface area contributed by atoms with Gasteiger partial charge >= 0.3 is 6.01 Å². The molecule has 4 atom stereocenters. The van der Waals surface area contributed by atoms with E-state index in [9.17, 15) is 13.9 Å². The third-order valence-electron chi connectivity index (χ3n) is 11.0. The minimum atomic E-state index is -0.965. The molecule has 0 saturated carbocycles. The van der Waals surface area contributed by atoms with E-state index < -0.39 is 29.2 Å². The molecule has 0 radical (unpaired) electrons. The number of aromatic hydroxyl groups is 1. The zero-order chi connectivity index (χ0) is 35.0. The Labute approximate surface area is 291 Å². The summed E-state index contributed by atoms with van der Waals surface area (Å²) in [6, 6.07) is 11.4. The van der Waals surface area contributed by atoms with Gasteiger partial charge in [-0.25, -0.2) is 22.5 Å². The third kappa shape index (κ3) is 5.33. The van der Waals surface area contributed by atoms with Crippen molar-refractivity contribution in [2.24, 2.45) is 0 Å². The van der Waals surface area contributed by atoms with Gasteiger partial charge in [0.1, 0.15) is 47.2 Å². The van der Waals surface area contributed by atoms with Crippen LogP contribution in [-0.2, 0) is 0 Å². The number of aromatic nitrogens is 3. The summed E-state index contributed by atoms with van der Waals surface area (Å²) in [7, 11) is 0. The normalized spacial score (nSPS) is 24.4. The summed E-state index contributed by atoms with van der Waals surface area (Å²) in [5.41, 5.74) is -0.461. The van der Waals surface area contributed by atoms with Gasteiger partial charge in [-0.15, -0.1) is 6.42 Å². The van der Waals surface area contributed by atoms with Gasteiger partial charge in [-0.2, -0.15) is 9.97 Å². The van der Waals surface area contributed by atoms with Crippen molar-refractivity contribution in [3.63, 3.8) is 0 Å². The van der Waals surface area contributed by atoms with Crippen molar-refractivity contribution in [1.29, 1.82) is 0 Å². The molecule has 0 spiro atoms. The Bertz CT molecular complexity index is 2270. The van der Waals surface area contributed by atoms with Crippen LogP contribution in [0, 0.1) is 29.8 Å². The van der Waals surface area contributed by atoms with Gasteiger partial charge in [-0.1, -0.05) is 24.1 Å². The molecule has 4 fully saturated rings. The summed E-state index contributed by atoms with van der Waals surface area (Å²) in [6.07, 6.45) is 8.76. The van der Waals surface area contributed by atoms with Gasteiger partial charge in [0.25, 0.3) is 0 Å². The number of hydrogen-bond donors (Lipinski definition) is 2. The molecular formula is C39H34F4N6O2. The number of terminal acetylenes is 1. The number of hydrogen-bond acceptors (Lipinski definition) is 8. The predicted octanol–water partition coefficient (Wildman–Crippen LogP) is 6.51. The number of piperazine rings is 1. The molecule has 2 aromatic heterocycles. The molecule has 0 aliphatic carbocycles. The van der Waals surface area contributed by atoms with Crippen molar-refractivity contribution in [2.75, 3.05) is 37.7 Å². The Balaban J connectivity index is 1.31. The van der Waals surface area contributed by atoms with Crippen LogP contribution < -0.4 is 15.0 Å². The first kappa shape index (κ1) is 32.0. The summed E-state index contributed by atoms with van der Waals surface area (Å²) >= 11 is 0. The van der Waals surface area contributed by atoms with Crippen LogP contribution in [0.3, 0.4) is 0 Å². The zero-order valence-corrected chi connectivity index (χ0v) is 27.6. The minimum absolute atomic E-state index is 0.0396. The van der Waals surface area contributed by atoms with Crippen molar-refractivity contribution in [2.45, 2.75) is 55.9 Å². The maximum Gasteiger partial charge on any atom is 0.319 e. The predicted molar refractivity (Wildman–Crippen MR) is 186 cm³/mol. The lowest BCUT2D eigenvalue weighted by atomic mass is 9.94. The van der Waals surface area contributed by atoms with Gasteiger partial charge in [0.05, 0.1) is 22.2 Å². The highest BCUT2D eigenvalue weighted by atomic mass is 19.1. The summed E-state index contributed by atoms with van der Waals surface area (Å²) in [6.45, 7) is 2.41. The number of rotatable bonds is 6. The van der Waals surface area contributed by atoms with Crippen molar-refractivity contribution in [3.8, 4) is 46.6 Å². The lowest BCUT2D eigenvalue weighted by Gasteiger charge is -2.35. The fourth-order valence-electron chi connectivity index (χ4n) is 8.82. The quantitative estimate of drug-likeness (QED) is 0.154. The first-order valence-corrected chi connectivity index (χ1v) is 17.3. The Kier molecular flexibility index (Phi) is 7.56. The second-order valence-corrected chi connectivity index (χ2v) is 14.3. The first-order valence-electron chi connectivity index (χ1n) is 17.3. The average Bonchev–Trinajstić information content (AvgIpc) is 3.77. The molecule has 4 aliphatic heterocycles. The van der Waals surface area contributed by atoms with Crippen LogP contribution in [0.15, 0.2) is 48.5 Å². The Hall–Kier alpha value is -4.99. The topological polar surface area (TPSA) is 86.6 Å². The number of anilines is 1. The summed E-state index contributed by atoms with van der Waals surface area (Å²) in [4.78, 5) is 18.6. The number of ether oxygens (including phenoxy) is 1. The Morgan fingerprint density at radius 3 is 2.59 bits per heavy atom. The molecule has 51 heavy (non-hydrogen) atoms. The van der Waals surface area contributed by atoms with E-state index in [1.165, 1.54) is 42.5 Å². The summed E-state index contributed by atoms with van der Waals surface area (Å²) in [5, 5.41) is 15.2. The Morgan fingerprint density at radius 1 is 0.980 bits per heavy atom. The lowest BCUT2D eigenvalue weighted by Crippen LogP contribution is -2.51. The molecule has 12 heteroatoms. The first-order chi connectivity index (χ1) is 24.7. The fourth-order valence-corrected chi connectivity index (χ4v) is 8.82. The summed E-state index contributed by atoms with van der Waals surface area (Å²) < 4.78 is 68.4. The van der Waals surface area contributed by atoms with E-state index in [0.717, 1.165) is 32.2 Å². The van der Waals surface area contributed by atoms with Crippen LogP contribution in [0.4, 0.5) is 23.4 Å². The second kappa shape index (κ2) is 12.1. The maximum atomic E-state index is 17.4. The number of phenolic OH excluding ortho intramolecular Hbond substituents is 1. The molecule has 3 aromatic carbocycles. The molecule has 260 valence electrons. The Morgan fingerprint density at radius 2 is 1.80 bits per heavy atom. The van der Waals surface area contributed by atoms with Crippen molar-refractivity contribution >= 4 is 27.5 Å². The van der Waals surface area contributed by atoms with Gasteiger partial charge in [0.15, 0.2) is 5.82 Å². The number of nitrogens with zero attached hydrogens (tertiary/aromatic N) is 5. The minimum Gasteiger partial charge on any atom is -0.508 e. The standard InChI is InChI=1S/C39H34F4N6O2/c1-2-28-30(42)10-7-21-14-27(50)15-29(31(21)28)35-33(43)36-32(34(45-35)22-5-3-6-23(40)13-22)37(48-18-25-8-9-26(19-48)44-25)47-38(46-36)51-20-39-11-4-12-49(39)17-24(41)16-39/h1,3,5-7,10,13-15,24-26,44,50H,4,8-9,11-12,16-20H2/t24-,25-,26+,39+/m1/s1. The van der Waals surface area contributed by atoms with E-state index in [2.05, 4.69) is 26.0 Å². The molecule has 4 saturated heterocycles. The van der Waals surface area contributed by atoms with Crippen LogP contribution in [0.25, 0.3) is 44.2 Å². The van der Waals surface area contributed by atoms with E-state index in [0.29, 0.717) is 42.8 Å². The third-order valence-corrected chi connectivity index (χ3v) is 11.0. The highest BCUT2D eigenvalue weighted by Crippen LogP contribution is 2.44. The monoisotopic (exact) mass is 694 g/mol. The number of pyridine rings is 1. The molecule has 9 rings (SSSR count). The number of benzene rings is 3. The van der Waals surface area contributed by atoms with E-state index in [4.69, 9.17) is 21.1 Å². The van der Waals surface area contributed by atoms with E-state index in [-0.39, 0.29) is 69.3 Å². The van der Waals surface area contributed by atoms with Crippen molar-refractivity contribution < 1.29 is 27.4 Å². The van der Waals surface area contributed by atoms with Gasteiger partial charge in [-0.05, 0) is 67.9 Å². The highest BCUT2D eigenvalue weighted by Gasteiger charge is 2.49. The van der Waals surface area contributed by atoms with Gasteiger partial charge in [0, 0.05) is 54.7 Å². The average molecular weight is 695 g/mol. The molecule has 0 unspecified atom stereocenters. The van der Waals surface area contributed by atoms with Crippen LogP contribution in [0.1, 0.15) is 37.7 Å². The molecule has 8 nitrogen and oxygen atoms in total. The van der Waals surface area contributed by atoms with Gasteiger partial charge in [0.2, 0.25) is 0 Å². The smallest absolute Gasteiger partial charge is 0.319 e. The molecule has 6 heterocycles.